The Bertz CT molecular complexity index is 1050. The lowest BCUT2D eigenvalue weighted by Crippen LogP contribution is -2.52. The van der Waals surface area contributed by atoms with Crippen LogP contribution in [0.4, 0.5) is 5.69 Å². The Kier molecular flexibility index (Phi) is 8.44. The molecule has 0 aliphatic carbocycles. The van der Waals surface area contributed by atoms with Gasteiger partial charge in [0.05, 0.1) is 11.9 Å². The van der Waals surface area contributed by atoms with Crippen LogP contribution in [-0.2, 0) is 26.2 Å². The van der Waals surface area contributed by atoms with Gasteiger partial charge in [0.25, 0.3) is 0 Å². The number of nitrogens with zero attached hydrogens (tertiary/aromatic N) is 2. The smallest absolute Gasteiger partial charge is 0.244 e. The lowest BCUT2D eigenvalue weighted by molar-refractivity contribution is -0.139. The van der Waals surface area contributed by atoms with E-state index in [2.05, 4.69) is 5.32 Å². The van der Waals surface area contributed by atoms with Gasteiger partial charge in [0.2, 0.25) is 21.8 Å². The largest absolute Gasteiger partial charge is 0.352 e. The zero-order chi connectivity index (χ0) is 24.1. The van der Waals surface area contributed by atoms with E-state index in [4.69, 9.17) is 0 Å². The molecule has 1 atom stereocenters. The van der Waals surface area contributed by atoms with Crippen molar-refractivity contribution in [2.75, 3.05) is 17.1 Å². The fourth-order valence-corrected chi connectivity index (χ4v) is 4.25. The van der Waals surface area contributed by atoms with Gasteiger partial charge in [0, 0.05) is 12.6 Å². The molecule has 1 N–H and O–H groups in total. The van der Waals surface area contributed by atoms with Crippen molar-refractivity contribution in [1.82, 2.24) is 10.2 Å². The average Bonchev–Trinajstić information content (AvgIpc) is 2.71. The second-order valence-corrected chi connectivity index (χ2v) is 10.3. The van der Waals surface area contributed by atoms with Crippen LogP contribution < -0.4 is 9.62 Å². The summed E-state index contributed by atoms with van der Waals surface area (Å²) in [6, 6.07) is 13.9. The van der Waals surface area contributed by atoms with E-state index in [1.54, 1.807) is 19.9 Å². The van der Waals surface area contributed by atoms with Gasteiger partial charge in [-0.05, 0) is 57.4 Å². The van der Waals surface area contributed by atoms with E-state index in [0.717, 1.165) is 27.3 Å². The van der Waals surface area contributed by atoms with Crippen molar-refractivity contribution in [1.29, 1.82) is 0 Å². The first kappa shape index (κ1) is 25.4. The minimum absolute atomic E-state index is 0.0823. The van der Waals surface area contributed by atoms with Gasteiger partial charge >= 0.3 is 0 Å². The third kappa shape index (κ3) is 6.82. The Morgan fingerprint density at radius 3 is 2.19 bits per heavy atom. The quantitative estimate of drug-likeness (QED) is 0.625. The highest BCUT2D eigenvalue weighted by Crippen LogP contribution is 2.24. The predicted octanol–water partition coefficient (Wildman–Crippen LogP) is 3.01. The highest BCUT2D eigenvalue weighted by Gasteiger charge is 2.30. The molecule has 2 aromatic rings. The van der Waals surface area contributed by atoms with Crippen LogP contribution in [0.1, 0.15) is 37.5 Å². The molecule has 0 saturated carbocycles. The summed E-state index contributed by atoms with van der Waals surface area (Å²) in [4.78, 5) is 27.6. The first-order valence-electron chi connectivity index (χ1n) is 10.6. The summed E-state index contributed by atoms with van der Waals surface area (Å²) in [7, 11) is -3.74. The number of hydrogen-bond donors (Lipinski definition) is 1. The summed E-state index contributed by atoms with van der Waals surface area (Å²) >= 11 is 0. The van der Waals surface area contributed by atoms with E-state index in [0.29, 0.717) is 5.69 Å². The third-order valence-corrected chi connectivity index (χ3v) is 6.23. The molecular weight excluding hydrogens is 426 g/mol. The molecule has 2 aromatic carbocycles. The maximum atomic E-state index is 13.4. The monoisotopic (exact) mass is 459 g/mol. The molecule has 0 saturated heterocycles. The van der Waals surface area contributed by atoms with Gasteiger partial charge in [-0.25, -0.2) is 8.42 Å². The summed E-state index contributed by atoms with van der Waals surface area (Å²) in [5.74, 6) is -0.742. The Morgan fingerprint density at radius 2 is 1.62 bits per heavy atom. The molecule has 0 fully saturated rings. The van der Waals surface area contributed by atoms with E-state index in [1.165, 1.54) is 4.90 Å². The summed E-state index contributed by atoms with van der Waals surface area (Å²) in [6.45, 7) is 8.82. The summed E-state index contributed by atoms with van der Waals surface area (Å²) in [5, 5.41) is 2.83. The number of anilines is 1. The van der Waals surface area contributed by atoms with Crippen LogP contribution in [0, 0.1) is 13.8 Å². The fourth-order valence-electron chi connectivity index (χ4n) is 3.35. The van der Waals surface area contributed by atoms with Crippen molar-refractivity contribution in [2.45, 2.75) is 53.2 Å². The van der Waals surface area contributed by atoms with Crippen LogP contribution in [-0.4, -0.2) is 50.0 Å². The van der Waals surface area contributed by atoms with E-state index < -0.39 is 28.5 Å². The highest BCUT2D eigenvalue weighted by atomic mass is 32.2. The topological polar surface area (TPSA) is 86.8 Å². The molecule has 174 valence electrons. The van der Waals surface area contributed by atoms with Crippen LogP contribution in [0.3, 0.4) is 0 Å². The van der Waals surface area contributed by atoms with Crippen molar-refractivity contribution in [3.8, 4) is 0 Å². The number of nitrogens with one attached hydrogen (secondary N) is 1. The van der Waals surface area contributed by atoms with Gasteiger partial charge in [-0.2, -0.15) is 0 Å². The molecule has 0 bridgehead atoms. The average molecular weight is 460 g/mol. The van der Waals surface area contributed by atoms with Crippen LogP contribution in [0.2, 0.25) is 0 Å². The molecule has 2 amide bonds. The maximum Gasteiger partial charge on any atom is 0.244 e. The molecule has 2 rings (SSSR count). The van der Waals surface area contributed by atoms with Crippen LogP contribution in [0.25, 0.3) is 0 Å². The van der Waals surface area contributed by atoms with Crippen molar-refractivity contribution >= 4 is 27.5 Å². The van der Waals surface area contributed by atoms with Gasteiger partial charge in [0.1, 0.15) is 12.6 Å². The minimum Gasteiger partial charge on any atom is -0.352 e. The van der Waals surface area contributed by atoms with Gasteiger partial charge in [-0.3, -0.25) is 13.9 Å². The van der Waals surface area contributed by atoms with Crippen molar-refractivity contribution in [3.05, 3.63) is 65.2 Å². The number of aryl methyl sites for hydroxylation is 2. The molecular formula is C24H33N3O4S. The van der Waals surface area contributed by atoms with Crippen LogP contribution in [0.5, 0.6) is 0 Å². The fraction of sp³-hybridized carbons (Fsp3) is 0.417. The van der Waals surface area contributed by atoms with E-state index >= 15 is 0 Å². The zero-order valence-corrected chi connectivity index (χ0v) is 20.4. The Balaban J connectivity index is 2.41. The van der Waals surface area contributed by atoms with Crippen molar-refractivity contribution < 1.29 is 18.0 Å². The summed E-state index contributed by atoms with van der Waals surface area (Å²) < 4.78 is 26.4. The second kappa shape index (κ2) is 10.6. The Morgan fingerprint density at radius 1 is 1.00 bits per heavy atom. The van der Waals surface area contributed by atoms with Crippen molar-refractivity contribution in [2.24, 2.45) is 0 Å². The number of rotatable bonds is 9. The van der Waals surface area contributed by atoms with Gasteiger partial charge in [0.15, 0.2) is 0 Å². The van der Waals surface area contributed by atoms with E-state index in [-0.39, 0.29) is 18.5 Å². The predicted molar refractivity (Wildman–Crippen MR) is 128 cm³/mol. The number of amides is 2. The zero-order valence-electron chi connectivity index (χ0n) is 19.6. The van der Waals surface area contributed by atoms with Crippen molar-refractivity contribution in [3.63, 3.8) is 0 Å². The molecule has 0 radical (unpaired) electrons. The lowest BCUT2D eigenvalue weighted by atomic mass is 10.1. The summed E-state index contributed by atoms with van der Waals surface area (Å²) in [5.41, 5.74) is 2.94. The number of carbonyl (C=O) groups excluding carboxylic acids is 2. The molecule has 7 nitrogen and oxygen atoms in total. The normalized spacial score (nSPS) is 12.3. The van der Waals surface area contributed by atoms with E-state index in [1.807, 2.05) is 63.2 Å². The van der Waals surface area contributed by atoms with E-state index in [9.17, 15) is 18.0 Å². The van der Waals surface area contributed by atoms with Crippen LogP contribution in [0.15, 0.2) is 48.5 Å². The standard InChI is InChI=1S/C24H33N3O4S/c1-17(2)25-24(29)20(5)26(15-21-10-8-7-9-11-21)23(28)16-27(32(6,30)31)22-14-18(3)12-13-19(22)4/h7-14,17,20H,15-16H2,1-6H3,(H,25,29)/t20-/m1/s1. The number of hydrogen-bond acceptors (Lipinski definition) is 4. The second-order valence-electron chi connectivity index (χ2n) is 8.41. The number of carbonyl (C=O) groups is 2. The van der Waals surface area contributed by atoms with Crippen LogP contribution >= 0.6 is 0 Å². The Hall–Kier alpha value is -2.87. The molecule has 0 heterocycles. The highest BCUT2D eigenvalue weighted by molar-refractivity contribution is 7.92. The SMILES string of the molecule is Cc1ccc(C)c(N(CC(=O)N(Cc2ccccc2)[C@H](C)C(=O)NC(C)C)S(C)(=O)=O)c1. The molecule has 32 heavy (non-hydrogen) atoms. The maximum absolute atomic E-state index is 13.4. The molecule has 0 unspecified atom stereocenters. The Labute approximate surface area is 191 Å². The third-order valence-electron chi connectivity index (χ3n) is 5.11. The molecule has 0 spiro atoms. The van der Waals surface area contributed by atoms with Gasteiger partial charge in [-0.1, -0.05) is 42.5 Å². The summed E-state index contributed by atoms with van der Waals surface area (Å²) in [6.07, 6.45) is 1.08. The molecule has 0 aliphatic rings. The molecule has 0 aromatic heterocycles. The molecule has 8 heteroatoms. The lowest BCUT2D eigenvalue weighted by Gasteiger charge is -2.32. The van der Waals surface area contributed by atoms with Gasteiger partial charge < -0.3 is 10.2 Å². The minimum atomic E-state index is -3.74. The number of sulfonamides is 1. The number of benzene rings is 2. The first-order valence-corrected chi connectivity index (χ1v) is 12.4. The van der Waals surface area contributed by atoms with Gasteiger partial charge in [-0.15, -0.1) is 0 Å². The molecule has 0 aliphatic heterocycles. The first-order chi connectivity index (χ1) is 14.9.